The van der Waals surface area contributed by atoms with Gasteiger partial charge in [0.25, 0.3) is 5.91 Å². The molecule has 2 aliphatic rings. The number of nitrogens with one attached hydrogen (secondary N) is 2. The van der Waals surface area contributed by atoms with Gasteiger partial charge in [-0.1, -0.05) is 11.6 Å². The predicted molar refractivity (Wildman–Crippen MR) is 122 cm³/mol. The van der Waals surface area contributed by atoms with Gasteiger partial charge in [-0.3, -0.25) is 9.59 Å². The number of hydrogen-bond donors (Lipinski definition) is 2. The molecule has 1 aromatic heterocycles. The third kappa shape index (κ3) is 4.69. The number of aryl methyl sites for hydroxylation is 1. The first kappa shape index (κ1) is 22.8. The molecule has 2 amide bonds. The normalized spacial score (nSPS) is 19.8. The van der Waals surface area contributed by atoms with Crippen molar-refractivity contribution >= 4 is 39.1 Å². The van der Waals surface area contributed by atoms with Crippen molar-refractivity contribution in [3.05, 3.63) is 46.7 Å². The molecule has 0 bridgehead atoms. The van der Waals surface area contributed by atoms with E-state index in [1.807, 2.05) is 6.92 Å². The van der Waals surface area contributed by atoms with Crippen LogP contribution in [0.5, 0.6) is 0 Å². The summed E-state index contributed by atoms with van der Waals surface area (Å²) in [5.74, 6) is -0.856. The zero-order valence-corrected chi connectivity index (χ0v) is 19.5. The van der Waals surface area contributed by atoms with Gasteiger partial charge in [0, 0.05) is 43.1 Å². The lowest BCUT2D eigenvalue weighted by atomic mass is 9.98. The van der Waals surface area contributed by atoms with Crippen molar-refractivity contribution in [2.45, 2.75) is 37.5 Å². The Morgan fingerprint density at radius 2 is 1.88 bits per heavy atom. The maximum atomic E-state index is 13.2. The Labute approximate surface area is 193 Å². The summed E-state index contributed by atoms with van der Waals surface area (Å²) >= 11 is 5.98. The van der Waals surface area contributed by atoms with Crippen LogP contribution < -0.4 is 5.32 Å². The Hall–Kier alpha value is -2.36. The monoisotopic (exact) mass is 478 g/mol. The molecule has 2 fully saturated rings. The van der Waals surface area contributed by atoms with Gasteiger partial charge in [0.1, 0.15) is 10.6 Å². The number of carbonyl (C=O) groups excluding carboxylic acids is 2. The summed E-state index contributed by atoms with van der Waals surface area (Å²) in [5.41, 5.74) is 1.78. The van der Waals surface area contributed by atoms with Gasteiger partial charge < -0.3 is 15.2 Å². The number of H-pyrrole nitrogens is 1. The largest absolute Gasteiger partial charge is 0.356 e. The number of likely N-dealkylation sites (tertiary alicyclic amines) is 1. The fraction of sp³-hybridized carbons (Fsp3) is 0.455. The van der Waals surface area contributed by atoms with Gasteiger partial charge in [-0.25, -0.2) is 8.42 Å². The number of nitrogens with zero attached hydrogens (tertiary/aromatic N) is 2. The number of halogens is 1. The van der Waals surface area contributed by atoms with E-state index < -0.39 is 15.9 Å². The third-order valence-corrected chi connectivity index (χ3v) is 8.20. The van der Waals surface area contributed by atoms with Crippen molar-refractivity contribution in [3.63, 3.8) is 0 Å². The van der Waals surface area contributed by atoms with E-state index in [-0.39, 0.29) is 28.9 Å². The minimum atomic E-state index is -3.82. The first-order valence-electron chi connectivity index (χ1n) is 10.8. The summed E-state index contributed by atoms with van der Waals surface area (Å²) in [7, 11) is -3.82. The number of aromatic nitrogens is 1. The number of aromatic amines is 1. The Kier molecular flexibility index (Phi) is 6.60. The molecule has 10 heteroatoms. The van der Waals surface area contributed by atoms with Gasteiger partial charge >= 0.3 is 0 Å². The SMILES string of the molecule is Cc1cc(Cl)ccc1NC(=O)C1CCCN(S(=O)(=O)c2c[nH]c(C(=O)N3CCCC3)c2)C1. The molecule has 32 heavy (non-hydrogen) atoms. The molecule has 1 atom stereocenters. The number of piperidine rings is 1. The van der Waals surface area contributed by atoms with Crippen LogP contribution in [0.3, 0.4) is 0 Å². The minimum absolute atomic E-state index is 0.0506. The maximum absolute atomic E-state index is 13.2. The molecular weight excluding hydrogens is 452 g/mol. The van der Waals surface area contributed by atoms with Crippen molar-refractivity contribution in [2.75, 3.05) is 31.5 Å². The smallest absolute Gasteiger partial charge is 0.270 e. The number of anilines is 1. The van der Waals surface area contributed by atoms with Gasteiger partial charge in [0.05, 0.1) is 5.92 Å². The zero-order valence-electron chi connectivity index (χ0n) is 17.9. The second-order valence-corrected chi connectivity index (χ2v) is 10.8. The van der Waals surface area contributed by atoms with Crippen molar-refractivity contribution < 1.29 is 18.0 Å². The molecule has 172 valence electrons. The van der Waals surface area contributed by atoms with Crippen LogP contribution >= 0.6 is 11.6 Å². The molecule has 0 aliphatic carbocycles. The second kappa shape index (κ2) is 9.25. The summed E-state index contributed by atoms with van der Waals surface area (Å²) < 4.78 is 27.7. The van der Waals surface area contributed by atoms with Gasteiger partial charge in [0.15, 0.2) is 0 Å². The summed E-state index contributed by atoms with van der Waals surface area (Å²) in [6, 6.07) is 6.61. The first-order chi connectivity index (χ1) is 15.3. The van der Waals surface area contributed by atoms with Gasteiger partial charge in [-0.2, -0.15) is 4.31 Å². The molecule has 2 aromatic rings. The second-order valence-electron chi connectivity index (χ2n) is 8.40. The van der Waals surface area contributed by atoms with Crippen LogP contribution in [-0.4, -0.2) is 60.6 Å². The highest BCUT2D eigenvalue weighted by atomic mass is 35.5. The Bertz CT molecular complexity index is 1120. The van der Waals surface area contributed by atoms with E-state index in [9.17, 15) is 18.0 Å². The molecular formula is C22H27ClN4O4S. The average molecular weight is 479 g/mol. The van der Waals surface area contributed by atoms with Crippen LogP contribution in [0.25, 0.3) is 0 Å². The van der Waals surface area contributed by atoms with Crippen LogP contribution in [0.4, 0.5) is 5.69 Å². The molecule has 0 saturated carbocycles. The molecule has 3 heterocycles. The van der Waals surface area contributed by atoms with Crippen LogP contribution in [-0.2, 0) is 14.8 Å². The summed E-state index contributed by atoms with van der Waals surface area (Å²) in [5, 5.41) is 3.48. The molecule has 2 aliphatic heterocycles. The highest BCUT2D eigenvalue weighted by Gasteiger charge is 2.34. The van der Waals surface area contributed by atoms with Crippen molar-refractivity contribution in [2.24, 2.45) is 5.92 Å². The van der Waals surface area contributed by atoms with Crippen molar-refractivity contribution in [3.8, 4) is 0 Å². The molecule has 2 saturated heterocycles. The number of sulfonamides is 1. The molecule has 4 rings (SSSR count). The Morgan fingerprint density at radius 3 is 2.59 bits per heavy atom. The number of benzene rings is 1. The lowest BCUT2D eigenvalue weighted by Crippen LogP contribution is -2.43. The van der Waals surface area contributed by atoms with E-state index in [0.717, 1.165) is 18.4 Å². The van der Waals surface area contributed by atoms with Crippen LogP contribution in [0, 0.1) is 12.8 Å². The summed E-state index contributed by atoms with van der Waals surface area (Å²) in [4.78, 5) is 30.0. The van der Waals surface area contributed by atoms with Gasteiger partial charge in [0.2, 0.25) is 15.9 Å². The van der Waals surface area contributed by atoms with E-state index in [1.165, 1.54) is 16.6 Å². The molecule has 0 radical (unpaired) electrons. The number of rotatable bonds is 5. The van der Waals surface area contributed by atoms with Crippen molar-refractivity contribution in [1.82, 2.24) is 14.2 Å². The van der Waals surface area contributed by atoms with Crippen LogP contribution in [0.2, 0.25) is 5.02 Å². The van der Waals surface area contributed by atoms with Gasteiger partial charge in [-0.05, 0) is 62.4 Å². The van der Waals surface area contributed by atoms with E-state index in [1.54, 1.807) is 23.1 Å². The average Bonchev–Trinajstić information content (AvgIpc) is 3.48. The highest BCUT2D eigenvalue weighted by Crippen LogP contribution is 2.27. The fourth-order valence-corrected chi connectivity index (χ4v) is 6.01. The molecule has 1 aromatic carbocycles. The van der Waals surface area contributed by atoms with Crippen molar-refractivity contribution in [1.29, 1.82) is 0 Å². The van der Waals surface area contributed by atoms with E-state index in [0.29, 0.717) is 43.2 Å². The standard InChI is InChI=1S/C22H27ClN4O4S/c1-15-11-17(23)6-7-19(15)25-21(28)16-5-4-10-27(14-16)32(30,31)18-12-20(24-13-18)22(29)26-8-2-3-9-26/h6-7,11-13,16,24H,2-5,8-10,14H2,1H3,(H,25,28). The molecule has 0 spiro atoms. The zero-order chi connectivity index (χ0) is 22.9. The first-order valence-corrected chi connectivity index (χ1v) is 12.6. The van der Waals surface area contributed by atoms with Gasteiger partial charge in [-0.15, -0.1) is 0 Å². The lowest BCUT2D eigenvalue weighted by Gasteiger charge is -2.31. The number of carbonyl (C=O) groups is 2. The molecule has 1 unspecified atom stereocenters. The van der Waals surface area contributed by atoms with Crippen LogP contribution in [0.15, 0.2) is 35.4 Å². The molecule has 8 nitrogen and oxygen atoms in total. The number of hydrogen-bond acceptors (Lipinski definition) is 4. The predicted octanol–water partition coefficient (Wildman–Crippen LogP) is 3.25. The quantitative estimate of drug-likeness (QED) is 0.688. The Balaban J connectivity index is 1.45. The highest BCUT2D eigenvalue weighted by molar-refractivity contribution is 7.89. The fourth-order valence-electron chi connectivity index (χ4n) is 4.26. The van der Waals surface area contributed by atoms with Crippen LogP contribution in [0.1, 0.15) is 41.7 Å². The van der Waals surface area contributed by atoms with E-state index in [2.05, 4.69) is 10.3 Å². The maximum Gasteiger partial charge on any atom is 0.270 e. The minimum Gasteiger partial charge on any atom is -0.356 e. The lowest BCUT2D eigenvalue weighted by molar-refractivity contribution is -0.120. The summed E-state index contributed by atoms with van der Waals surface area (Å²) in [6.45, 7) is 3.67. The van der Waals surface area contributed by atoms with E-state index in [4.69, 9.17) is 11.6 Å². The molecule has 2 N–H and O–H groups in total. The Morgan fingerprint density at radius 1 is 1.12 bits per heavy atom. The topological polar surface area (TPSA) is 103 Å². The number of amides is 2. The summed E-state index contributed by atoms with van der Waals surface area (Å²) in [6.07, 6.45) is 4.48. The third-order valence-electron chi connectivity index (χ3n) is 6.12. The van der Waals surface area contributed by atoms with E-state index >= 15 is 0 Å².